The van der Waals surface area contributed by atoms with E-state index in [0.717, 1.165) is 0 Å². The van der Waals surface area contributed by atoms with E-state index in [1.807, 2.05) is 6.92 Å². The van der Waals surface area contributed by atoms with E-state index in [2.05, 4.69) is 0 Å². The Morgan fingerprint density at radius 1 is 1.71 bits per heavy atom. The molecule has 0 saturated carbocycles. The van der Waals surface area contributed by atoms with Gasteiger partial charge >= 0.3 is 12.1 Å². The van der Waals surface area contributed by atoms with Gasteiger partial charge in [-0.15, -0.1) is 0 Å². The average Bonchev–Trinajstić information content (AvgIpc) is 2.39. The zero-order valence-electron chi connectivity index (χ0n) is 8.45. The highest BCUT2D eigenvalue weighted by Crippen LogP contribution is 2.26. The number of rotatable bonds is 4. The second-order valence-corrected chi connectivity index (χ2v) is 3.73. The van der Waals surface area contributed by atoms with Crippen LogP contribution in [0.25, 0.3) is 0 Å². The quantitative estimate of drug-likeness (QED) is 0.739. The molecule has 0 aromatic rings. The lowest BCUT2D eigenvalue weighted by molar-refractivity contribution is -0.138. The van der Waals surface area contributed by atoms with Gasteiger partial charge in [0.15, 0.2) is 0 Å². The van der Waals surface area contributed by atoms with Gasteiger partial charge in [0.2, 0.25) is 0 Å². The van der Waals surface area contributed by atoms with Gasteiger partial charge in [0.05, 0.1) is 6.54 Å². The smallest absolute Gasteiger partial charge is 0.410 e. The van der Waals surface area contributed by atoms with E-state index in [0.29, 0.717) is 19.5 Å². The topological polar surface area (TPSA) is 66.8 Å². The van der Waals surface area contributed by atoms with Crippen molar-refractivity contribution in [1.29, 1.82) is 0 Å². The van der Waals surface area contributed by atoms with Crippen LogP contribution >= 0.6 is 0 Å². The molecule has 1 aliphatic rings. The van der Waals surface area contributed by atoms with Crippen molar-refractivity contribution in [2.24, 2.45) is 0 Å². The minimum atomic E-state index is -0.864. The Morgan fingerprint density at radius 2 is 2.36 bits per heavy atom. The summed E-state index contributed by atoms with van der Waals surface area (Å²) >= 11 is 0. The number of amides is 1. The van der Waals surface area contributed by atoms with Gasteiger partial charge in [-0.2, -0.15) is 0 Å². The van der Waals surface area contributed by atoms with Crippen molar-refractivity contribution in [3.63, 3.8) is 0 Å². The molecule has 14 heavy (non-hydrogen) atoms. The van der Waals surface area contributed by atoms with Crippen LogP contribution in [-0.4, -0.2) is 40.8 Å². The number of carbonyl (C=O) groups is 2. The van der Waals surface area contributed by atoms with Crippen LogP contribution in [0, 0.1) is 0 Å². The predicted octanol–water partition coefficient (Wildman–Crippen LogP) is 1.08. The Bertz CT molecular complexity index is 253. The molecule has 1 saturated heterocycles. The van der Waals surface area contributed by atoms with Crippen molar-refractivity contribution >= 4 is 12.1 Å². The summed E-state index contributed by atoms with van der Waals surface area (Å²) in [5.41, 5.74) is -0.633. The summed E-state index contributed by atoms with van der Waals surface area (Å²) in [6.45, 7) is 4.71. The van der Waals surface area contributed by atoms with Gasteiger partial charge in [0.25, 0.3) is 0 Å². The van der Waals surface area contributed by atoms with Gasteiger partial charge < -0.3 is 14.7 Å². The Hall–Kier alpha value is -1.26. The first-order valence-corrected chi connectivity index (χ1v) is 4.66. The summed E-state index contributed by atoms with van der Waals surface area (Å²) in [5, 5.41) is 8.52. The maximum atomic E-state index is 11.2. The van der Waals surface area contributed by atoms with E-state index >= 15 is 0 Å². The van der Waals surface area contributed by atoms with Gasteiger partial charge in [-0.25, -0.2) is 4.79 Å². The highest BCUT2D eigenvalue weighted by molar-refractivity contribution is 5.71. The van der Waals surface area contributed by atoms with Crippen LogP contribution in [0.2, 0.25) is 0 Å². The van der Waals surface area contributed by atoms with E-state index in [4.69, 9.17) is 9.84 Å². The van der Waals surface area contributed by atoms with Crippen molar-refractivity contribution in [2.75, 3.05) is 13.1 Å². The lowest BCUT2D eigenvalue weighted by atomic mass is 10.0. The molecule has 80 valence electrons. The monoisotopic (exact) mass is 201 g/mol. The fourth-order valence-corrected chi connectivity index (χ4v) is 1.52. The second kappa shape index (κ2) is 3.86. The maximum Gasteiger partial charge on any atom is 0.410 e. The molecule has 0 aromatic carbocycles. The number of nitrogens with zero attached hydrogens (tertiary/aromatic N) is 1. The number of likely N-dealkylation sites (N-methyl/N-ethyl adjacent to an activating group) is 1. The molecule has 0 bridgehead atoms. The zero-order chi connectivity index (χ0) is 10.8. The van der Waals surface area contributed by atoms with Crippen molar-refractivity contribution in [3.05, 3.63) is 0 Å². The van der Waals surface area contributed by atoms with Gasteiger partial charge in [0.1, 0.15) is 5.60 Å². The van der Waals surface area contributed by atoms with Crippen molar-refractivity contribution < 1.29 is 19.4 Å². The Labute approximate surface area is 82.6 Å². The van der Waals surface area contributed by atoms with Gasteiger partial charge in [-0.3, -0.25) is 4.79 Å². The summed E-state index contributed by atoms with van der Waals surface area (Å²) in [6, 6.07) is 0. The molecule has 1 N–H and O–H groups in total. The Kier molecular flexibility index (Phi) is 2.98. The number of hydrogen-bond acceptors (Lipinski definition) is 3. The third kappa shape index (κ3) is 2.37. The Morgan fingerprint density at radius 3 is 2.79 bits per heavy atom. The van der Waals surface area contributed by atoms with E-state index in [1.54, 1.807) is 11.8 Å². The number of carboxylic acid groups (broad SMARTS) is 1. The van der Waals surface area contributed by atoms with E-state index in [1.165, 1.54) is 0 Å². The highest BCUT2D eigenvalue weighted by Gasteiger charge is 2.40. The summed E-state index contributed by atoms with van der Waals surface area (Å²) < 4.78 is 5.13. The van der Waals surface area contributed by atoms with Crippen molar-refractivity contribution in [3.8, 4) is 0 Å². The van der Waals surface area contributed by atoms with Crippen LogP contribution in [0.5, 0.6) is 0 Å². The fraction of sp³-hybridized carbons (Fsp3) is 0.778. The number of aliphatic carboxylic acids is 1. The summed E-state index contributed by atoms with van der Waals surface area (Å²) in [5.74, 6) is -0.864. The van der Waals surface area contributed by atoms with E-state index in [-0.39, 0.29) is 12.5 Å². The fourth-order valence-electron chi connectivity index (χ4n) is 1.52. The molecule has 0 aliphatic carbocycles. The minimum absolute atomic E-state index is 0.0291. The third-order valence-corrected chi connectivity index (χ3v) is 2.37. The number of hydrogen-bond donors (Lipinski definition) is 1. The average molecular weight is 201 g/mol. The molecule has 1 fully saturated rings. The number of ether oxygens (including phenoxy) is 1. The van der Waals surface area contributed by atoms with Gasteiger partial charge in [-0.05, 0) is 20.3 Å². The predicted molar refractivity (Wildman–Crippen MR) is 49.0 cm³/mol. The zero-order valence-corrected chi connectivity index (χ0v) is 8.45. The number of cyclic esters (lactones) is 1. The SMILES string of the molecule is CCN1CC(C)(CCC(=O)O)OC1=O. The lowest BCUT2D eigenvalue weighted by Gasteiger charge is -2.20. The summed E-state index contributed by atoms with van der Waals surface area (Å²) in [7, 11) is 0. The number of carbonyl (C=O) groups excluding carboxylic acids is 1. The molecule has 0 aromatic heterocycles. The third-order valence-electron chi connectivity index (χ3n) is 2.37. The molecule has 1 unspecified atom stereocenters. The molecule has 1 amide bonds. The molecule has 1 atom stereocenters. The van der Waals surface area contributed by atoms with Crippen molar-refractivity contribution in [1.82, 2.24) is 4.90 Å². The first-order valence-electron chi connectivity index (χ1n) is 4.66. The van der Waals surface area contributed by atoms with Crippen LogP contribution in [0.3, 0.4) is 0 Å². The first kappa shape index (κ1) is 10.8. The molecule has 5 heteroatoms. The summed E-state index contributed by atoms with van der Waals surface area (Å²) in [6.07, 6.45) is 0.0479. The lowest BCUT2D eigenvalue weighted by Crippen LogP contribution is -2.31. The highest BCUT2D eigenvalue weighted by atomic mass is 16.6. The minimum Gasteiger partial charge on any atom is -0.481 e. The molecular formula is C9H15NO4. The Balaban J connectivity index is 2.52. The standard InChI is InChI=1S/C9H15NO4/c1-3-10-6-9(2,14-8(10)13)5-4-7(11)12/h3-6H2,1-2H3,(H,11,12). The normalized spacial score (nSPS) is 26.4. The largest absolute Gasteiger partial charge is 0.481 e. The van der Waals surface area contributed by atoms with Crippen LogP contribution < -0.4 is 0 Å². The first-order chi connectivity index (χ1) is 6.47. The van der Waals surface area contributed by atoms with Crippen LogP contribution in [0.4, 0.5) is 4.79 Å². The number of carboxylic acids is 1. The van der Waals surface area contributed by atoms with E-state index in [9.17, 15) is 9.59 Å². The molecular weight excluding hydrogens is 186 g/mol. The molecule has 0 radical (unpaired) electrons. The van der Waals surface area contributed by atoms with Gasteiger partial charge in [0, 0.05) is 13.0 Å². The second-order valence-electron chi connectivity index (χ2n) is 3.73. The van der Waals surface area contributed by atoms with E-state index < -0.39 is 11.6 Å². The molecule has 1 heterocycles. The van der Waals surface area contributed by atoms with Crippen LogP contribution in [0.1, 0.15) is 26.7 Å². The van der Waals surface area contributed by atoms with Crippen LogP contribution in [0.15, 0.2) is 0 Å². The van der Waals surface area contributed by atoms with Gasteiger partial charge in [-0.1, -0.05) is 0 Å². The molecule has 1 rings (SSSR count). The molecule has 5 nitrogen and oxygen atoms in total. The van der Waals surface area contributed by atoms with Crippen LogP contribution in [-0.2, 0) is 9.53 Å². The maximum absolute atomic E-state index is 11.2. The summed E-state index contributed by atoms with van der Waals surface area (Å²) in [4.78, 5) is 23.2. The van der Waals surface area contributed by atoms with Crippen molar-refractivity contribution in [2.45, 2.75) is 32.3 Å². The molecule has 1 aliphatic heterocycles. The molecule has 0 spiro atoms.